The normalized spacial score (nSPS) is 20.0. The molecule has 0 atom stereocenters. The molecule has 0 spiro atoms. The van der Waals surface area contributed by atoms with Gasteiger partial charge in [0.1, 0.15) is 23.3 Å². The van der Waals surface area contributed by atoms with Gasteiger partial charge in [0.2, 0.25) is 0 Å². The van der Waals surface area contributed by atoms with Crippen LogP contribution in [0.15, 0.2) is 84.9 Å². The first-order valence-corrected chi connectivity index (χ1v) is 14.2. The fourth-order valence-corrected chi connectivity index (χ4v) is 6.93. The molecule has 1 saturated carbocycles. The summed E-state index contributed by atoms with van der Waals surface area (Å²) in [7, 11) is 0. The second kappa shape index (κ2) is 10.0. The van der Waals surface area contributed by atoms with Crippen LogP contribution in [0.3, 0.4) is 0 Å². The molecule has 0 unspecified atom stereocenters. The van der Waals surface area contributed by atoms with Gasteiger partial charge in [-0.2, -0.15) is 0 Å². The number of amidine groups is 2. The molecule has 1 fully saturated rings. The Hall–Kier alpha value is -4.66. The number of nitrogens with zero attached hydrogens (tertiary/aromatic N) is 2. The highest BCUT2D eigenvalue weighted by molar-refractivity contribution is 6.32. The van der Waals surface area contributed by atoms with Gasteiger partial charge in [-0.25, -0.2) is 9.97 Å². The van der Waals surface area contributed by atoms with Crippen molar-refractivity contribution < 1.29 is 0 Å². The van der Waals surface area contributed by atoms with E-state index >= 15 is 0 Å². The van der Waals surface area contributed by atoms with E-state index in [-0.39, 0.29) is 35.3 Å². The van der Waals surface area contributed by atoms with Crippen LogP contribution in [0.2, 0.25) is 10.0 Å². The number of halogens is 2. The van der Waals surface area contributed by atoms with Crippen molar-refractivity contribution in [3.05, 3.63) is 129 Å². The van der Waals surface area contributed by atoms with Crippen molar-refractivity contribution in [1.29, 1.82) is 10.8 Å². The lowest BCUT2D eigenvalue weighted by Crippen LogP contribution is -2.41. The summed E-state index contributed by atoms with van der Waals surface area (Å²) < 4.78 is 0. The number of nitrogen functional groups attached to an aromatic ring is 2. The summed E-state index contributed by atoms with van der Waals surface area (Å²) in [6.45, 7) is 0. The summed E-state index contributed by atoms with van der Waals surface area (Å²) in [5, 5.41) is 17.1. The number of imidazole rings is 2. The molecule has 0 saturated heterocycles. The maximum absolute atomic E-state index is 7.87. The highest BCUT2D eigenvalue weighted by Crippen LogP contribution is 2.67. The molecule has 2 aromatic heterocycles. The minimum Gasteiger partial charge on any atom is -0.384 e. The van der Waals surface area contributed by atoms with Gasteiger partial charge >= 0.3 is 0 Å². The van der Waals surface area contributed by atoms with E-state index in [9.17, 15) is 0 Å². The van der Waals surface area contributed by atoms with E-state index in [1.54, 1.807) is 12.1 Å². The Labute approximate surface area is 251 Å². The molecule has 0 aliphatic heterocycles. The van der Waals surface area contributed by atoms with Crippen molar-refractivity contribution >= 4 is 56.9 Å². The summed E-state index contributed by atoms with van der Waals surface area (Å²) in [6, 6.07) is 26.8. The Balaban J connectivity index is 1.44. The fourth-order valence-electron chi connectivity index (χ4n) is 6.40. The molecule has 8 N–H and O–H groups in total. The van der Waals surface area contributed by atoms with E-state index in [1.165, 1.54) is 0 Å². The maximum Gasteiger partial charge on any atom is 0.122 e. The van der Waals surface area contributed by atoms with Gasteiger partial charge in [0.25, 0.3) is 0 Å². The third-order valence-electron chi connectivity index (χ3n) is 8.33. The minimum atomic E-state index is -0.121. The molecule has 0 amide bonds. The van der Waals surface area contributed by atoms with E-state index in [0.717, 1.165) is 44.8 Å². The Morgan fingerprint density at radius 2 is 1.00 bits per heavy atom. The van der Waals surface area contributed by atoms with Gasteiger partial charge in [-0.1, -0.05) is 59.6 Å². The van der Waals surface area contributed by atoms with Gasteiger partial charge in [-0.15, -0.1) is 0 Å². The average molecular weight is 594 g/mol. The number of benzene rings is 4. The Kier molecular flexibility index (Phi) is 6.26. The van der Waals surface area contributed by atoms with Crippen LogP contribution < -0.4 is 11.5 Å². The average Bonchev–Trinajstić information content (AvgIpc) is 3.57. The van der Waals surface area contributed by atoms with Crippen LogP contribution >= 0.6 is 23.2 Å². The van der Waals surface area contributed by atoms with Crippen LogP contribution in [-0.4, -0.2) is 31.6 Å². The van der Waals surface area contributed by atoms with E-state index in [0.29, 0.717) is 21.2 Å². The first-order chi connectivity index (χ1) is 20.3. The highest BCUT2D eigenvalue weighted by Gasteiger charge is 2.56. The number of H-pyrrole nitrogens is 2. The van der Waals surface area contributed by atoms with E-state index in [1.807, 2.05) is 60.7 Å². The van der Waals surface area contributed by atoms with Gasteiger partial charge in [0.15, 0.2) is 0 Å². The summed E-state index contributed by atoms with van der Waals surface area (Å²) >= 11 is 13.7. The summed E-state index contributed by atoms with van der Waals surface area (Å²) in [6.07, 6.45) is 0. The van der Waals surface area contributed by atoms with Gasteiger partial charge in [-0.3, -0.25) is 10.8 Å². The second-order valence-electron chi connectivity index (χ2n) is 10.7. The standard InChI is InChI=1S/C32H26Cl2N8/c33-19-7-3-1-5-17(19)25-27(31-39-21-11-9-15(29(35)36)13-23(21)41-31)26(18-6-2-4-8-20(18)34)28(25)32-40-22-12-10-16(30(37)38)14-24(22)42-32/h1-14,25-28H,(H3,35,36)(H3,37,38)(H,39,41)(H,40,42). The molecule has 2 heterocycles. The monoisotopic (exact) mass is 592 g/mol. The number of nitrogens with two attached hydrogens (primary N) is 2. The topological polar surface area (TPSA) is 157 Å². The fraction of sp³-hybridized carbons (Fsp3) is 0.125. The SMILES string of the molecule is N=C(N)c1ccc2nc(C3C(c4ccccc4Cl)C(c4nc5ccc(C(=N)N)cc5[nH]4)C3c3ccccc3Cl)[nH]c2c1. The zero-order chi connectivity index (χ0) is 29.1. The summed E-state index contributed by atoms with van der Waals surface area (Å²) in [5.41, 5.74) is 18.0. The lowest BCUT2D eigenvalue weighted by atomic mass is 9.52. The zero-order valence-corrected chi connectivity index (χ0v) is 23.7. The Morgan fingerprint density at radius 3 is 1.38 bits per heavy atom. The number of fused-ring (bicyclic) bond motifs is 2. The van der Waals surface area contributed by atoms with Crippen molar-refractivity contribution in [3.63, 3.8) is 0 Å². The predicted octanol–water partition coefficient (Wildman–Crippen LogP) is 6.76. The number of hydrogen-bond acceptors (Lipinski definition) is 4. The number of nitrogens with one attached hydrogen (secondary N) is 4. The first-order valence-electron chi connectivity index (χ1n) is 13.5. The van der Waals surface area contributed by atoms with Gasteiger partial charge < -0.3 is 21.4 Å². The molecule has 42 heavy (non-hydrogen) atoms. The van der Waals surface area contributed by atoms with Crippen molar-refractivity contribution in [2.75, 3.05) is 0 Å². The zero-order valence-electron chi connectivity index (χ0n) is 22.2. The van der Waals surface area contributed by atoms with Crippen molar-refractivity contribution in [3.8, 4) is 0 Å². The number of rotatable bonds is 6. The number of aromatic amines is 2. The highest BCUT2D eigenvalue weighted by atomic mass is 35.5. The molecule has 10 heteroatoms. The van der Waals surface area contributed by atoms with Gasteiger partial charge in [-0.05, 0) is 59.7 Å². The molecular formula is C32H26Cl2N8. The van der Waals surface area contributed by atoms with Gasteiger partial charge in [0, 0.05) is 44.8 Å². The number of aromatic nitrogens is 4. The Morgan fingerprint density at radius 1 is 0.595 bits per heavy atom. The Bertz CT molecular complexity index is 1870. The van der Waals surface area contributed by atoms with Crippen LogP contribution in [0.1, 0.15) is 57.6 Å². The molecular weight excluding hydrogens is 567 g/mol. The smallest absolute Gasteiger partial charge is 0.122 e. The van der Waals surface area contributed by atoms with Crippen LogP contribution in [-0.2, 0) is 0 Å². The molecule has 7 rings (SSSR count). The third-order valence-corrected chi connectivity index (χ3v) is 9.02. The van der Waals surface area contributed by atoms with Crippen molar-refractivity contribution in [1.82, 2.24) is 19.9 Å². The van der Waals surface area contributed by atoms with E-state index in [2.05, 4.69) is 22.1 Å². The lowest BCUT2D eigenvalue weighted by molar-refractivity contribution is 0.213. The molecule has 1 aliphatic carbocycles. The van der Waals surface area contributed by atoms with Gasteiger partial charge in [0.05, 0.1) is 22.1 Å². The minimum absolute atomic E-state index is 0.00235. The maximum atomic E-state index is 7.87. The van der Waals surface area contributed by atoms with E-state index < -0.39 is 0 Å². The first kappa shape index (κ1) is 26.3. The molecule has 8 nitrogen and oxygen atoms in total. The van der Waals surface area contributed by atoms with Crippen LogP contribution in [0.5, 0.6) is 0 Å². The molecule has 1 aliphatic rings. The van der Waals surface area contributed by atoms with Crippen LogP contribution in [0, 0.1) is 10.8 Å². The quantitative estimate of drug-likeness (QED) is 0.0931. The lowest BCUT2D eigenvalue weighted by Gasteiger charge is -2.51. The van der Waals surface area contributed by atoms with Crippen molar-refractivity contribution in [2.45, 2.75) is 23.7 Å². The summed E-state index contributed by atoms with van der Waals surface area (Å²) in [4.78, 5) is 17.1. The second-order valence-corrected chi connectivity index (χ2v) is 11.5. The predicted molar refractivity (Wildman–Crippen MR) is 168 cm³/mol. The molecule has 4 aromatic carbocycles. The van der Waals surface area contributed by atoms with Crippen LogP contribution in [0.25, 0.3) is 22.1 Å². The number of hydrogen-bond donors (Lipinski definition) is 6. The van der Waals surface area contributed by atoms with E-state index in [4.69, 9.17) is 55.5 Å². The molecule has 0 bridgehead atoms. The summed E-state index contributed by atoms with van der Waals surface area (Å²) in [5.74, 6) is 1.16. The largest absolute Gasteiger partial charge is 0.384 e. The molecule has 6 aromatic rings. The molecule has 0 radical (unpaired) electrons. The van der Waals surface area contributed by atoms with Crippen molar-refractivity contribution in [2.24, 2.45) is 11.5 Å². The molecule has 208 valence electrons. The van der Waals surface area contributed by atoms with Crippen LogP contribution in [0.4, 0.5) is 0 Å². The third kappa shape index (κ3) is 4.22.